The van der Waals surface area contributed by atoms with Gasteiger partial charge < -0.3 is 10.2 Å². The highest BCUT2D eigenvalue weighted by atomic mass is 32.2. The zero-order valence-electron chi connectivity index (χ0n) is 9.28. The SMILES string of the molecule is Oc1ccccc1SCC(O)c1ccccc1. The summed E-state index contributed by atoms with van der Waals surface area (Å²) >= 11 is 1.45. The number of para-hydroxylation sites is 1. The first-order valence-corrected chi connectivity index (χ1v) is 6.40. The van der Waals surface area contributed by atoms with Gasteiger partial charge in [0.2, 0.25) is 0 Å². The lowest BCUT2D eigenvalue weighted by atomic mass is 10.1. The first-order valence-electron chi connectivity index (χ1n) is 5.41. The average Bonchev–Trinajstić information content (AvgIpc) is 2.38. The molecular weight excluding hydrogens is 232 g/mol. The Morgan fingerprint density at radius 1 is 0.941 bits per heavy atom. The van der Waals surface area contributed by atoms with Crippen molar-refractivity contribution in [2.24, 2.45) is 0 Å². The Bertz CT molecular complexity index is 471. The van der Waals surface area contributed by atoms with E-state index >= 15 is 0 Å². The second-order valence-electron chi connectivity index (χ2n) is 3.71. The summed E-state index contributed by atoms with van der Waals surface area (Å²) in [4.78, 5) is 0.794. The minimum Gasteiger partial charge on any atom is -0.507 e. The van der Waals surface area contributed by atoms with E-state index in [0.29, 0.717) is 5.75 Å². The lowest BCUT2D eigenvalue weighted by Crippen LogP contribution is -1.99. The third-order valence-electron chi connectivity index (χ3n) is 2.45. The summed E-state index contributed by atoms with van der Waals surface area (Å²) < 4.78 is 0. The van der Waals surface area contributed by atoms with Gasteiger partial charge in [-0.2, -0.15) is 0 Å². The van der Waals surface area contributed by atoms with Crippen LogP contribution in [0, 0.1) is 0 Å². The third-order valence-corrected chi connectivity index (χ3v) is 3.58. The Morgan fingerprint density at radius 3 is 2.29 bits per heavy atom. The van der Waals surface area contributed by atoms with Crippen LogP contribution in [0.1, 0.15) is 11.7 Å². The first-order chi connectivity index (χ1) is 8.27. The maximum absolute atomic E-state index is 9.97. The van der Waals surface area contributed by atoms with Gasteiger partial charge in [0.1, 0.15) is 5.75 Å². The first kappa shape index (κ1) is 12.0. The minimum absolute atomic E-state index is 0.262. The number of thioether (sulfide) groups is 1. The Labute approximate surface area is 105 Å². The molecule has 0 heterocycles. The molecule has 2 N–H and O–H groups in total. The van der Waals surface area contributed by atoms with Crippen molar-refractivity contribution in [3.8, 4) is 5.75 Å². The predicted octanol–water partition coefficient (Wildman–Crippen LogP) is 3.22. The molecule has 0 aliphatic rings. The number of rotatable bonds is 4. The van der Waals surface area contributed by atoms with Gasteiger partial charge in [0, 0.05) is 10.6 Å². The van der Waals surface area contributed by atoms with Gasteiger partial charge in [-0.3, -0.25) is 0 Å². The van der Waals surface area contributed by atoms with Crippen LogP contribution in [0.2, 0.25) is 0 Å². The van der Waals surface area contributed by atoms with E-state index in [0.717, 1.165) is 10.5 Å². The van der Waals surface area contributed by atoms with Gasteiger partial charge in [0.15, 0.2) is 0 Å². The van der Waals surface area contributed by atoms with Crippen molar-refractivity contribution in [2.75, 3.05) is 5.75 Å². The second-order valence-corrected chi connectivity index (χ2v) is 4.77. The van der Waals surface area contributed by atoms with E-state index in [9.17, 15) is 10.2 Å². The highest BCUT2D eigenvalue weighted by Crippen LogP contribution is 2.30. The van der Waals surface area contributed by atoms with E-state index in [1.165, 1.54) is 11.8 Å². The summed E-state index contributed by atoms with van der Waals surface area (Å²) in [5.41, 5.74) is 0.899. The molecule has 2 aromatic carbocycles. The number of hydrogen-bond donors (Lipinski definition) is 2. The predicted molar refractivity (Wildman–Crippen MR) is 70.2 cm³/mol. The number of aliphatic hydroxyl groups is 1. The molecule has 17 heavy (non-hydrogen) atoms. The highest BCUT2D eigenvalue weighted by molar-refractivity contribution is 7.99. The van der Waals surface area contributed by atoms with Crippen LogP contribution >= 0.6 is 11.8 Å². The van der Waals surface area contributed by atoms with Crippen LogP contribution in [0.4, 0.5) is 0 Å². The molecule has 2 aromatic rings. The van der Waals surface area contributed by atoms with E-state index in [4.69, 9.17) is 0 Å². The quantitative estimate of drug-likeness (QED) is 0.814. The van der Waals surface area contributed by atoms with E-state index in [-0.39, 0.29) is 5.75 Å². The molecule has 0 fully saturated rings. The zero-order valence-corrected chi connectivity index (χ0v) is 10.1. The minimum atomic E-state index is -0.513. The average molecular weight is 246 g/mol. The molecule has 0 aliphatic carbocycles. The molecule has 0 aromatic heterocycles. The number of phenolic OH excluding ortho intramolecular Hbond substituents is 1. The Kier molecular flexibility index (Phi) is 4.07. The van der Waals surface area contributed by atoms with Gasteiger partial charge in [-0.25, -0.2) is 0 Å². The summed E-state index contributed by atoms with van der Waals surface area (Å²) in [7, 11) is 0. The topological polar surface area (TPSA) is 40.5 Å². The highest BCUT2D eigenvalue weighted by Gasteiger charge is 2.08. The van der Waals surface area contributed by atoms with Gasteiger partial charge in [0.25, 0.3) is 0 Å². The molecule has 3 heteroatoms. The Hall–Kier alpha value is -1.45. The van der Waals surface area contributed by atoms with Crippen molar-refractivity contribution < 1.29 is 10.2 Å². The normalized spacial score (nSPS) is 12.3. The third kappa shape index (κ3) is 3.25. The molecule has 2 rings (SSSR count). The number of hydrogen-bond acceptors (Lipinski definition) is 3. The lowest BCUT2D eigenvalue weighted by Gasteiger charge is -2.10. The van der Waals surface area contributed by atoms with Crippen LogP contribution in [-0.4, -0.2) is 16.0 Å². The molecule has 0 bridgehead atoms. The largest absolute Gasteiger partial charge is 0.507 e. The Morgan fingerprint density at radius 2 is 1.59 bits per heavy atom. The van der Waals surface area contributed by atoms with Crippen molar-refractivity contribution >= 4 is 11.8 Å². The van der Waals surface area contributed by atoms with Gasteiger partial charge in [0.05, 0.1) is 6.10 Å². The molecule has 1 atom stereocenters. The second kappa shape index (κ2) is 5.75. The zero-order chi connectivity index (χ0) is 12.1. The number of benzene rings is 2. The van der Waals surface area contributed by atoms with Crippen LogP contribution in [0.25, 0.3) is 0 Å². The Balaban J connectivity index is 1.97. The van der Waals surface area contributed by atoms with Crippen LogP contribution in [0.3, 0.4) is 0 Å². The fourth-order valence-corrected chi connectivity index (χ4v) is 2.44. The number of phenols is 1. The monoisotopic (exact) mass is 246 g/mol. The number of aromatic hydroxyl groups is 1. The van der Waals surface area contributed by atoms with Crippen molar-refractivity contribution in [1.29, 1.82) is 0 Å². The van der Waals surface area contributed by atoms with Crippen LogP contribution in [0.15, 0.2) is 59.5 Å². The summed E-state index contributed by atoms with van der Waals surface area (Å²) in [5.74, 6) is 0.791. The summed E-state index contributed by atoms with van der Waals surface area (Å²) in [6, 6.07) is 16.7. The molecule has 0 radical (unpaired) electrons. The van der Waals surface area contributed by atoms with Gasteiger partial charge >= 0.3 is 0 Å². The van der Waals surface area contributed by atoms with Gasteiger partial charge in [-0.15, -0.1) is 11.8 Å². The van der Waals surface area contributed by atoms with Crippen LogP contribution in [0.5, 0.6) is 5.75 Å². The van der Waals surface area contributed by atoms with Crippen LogP contribution in [-0.2, 0) is 0 Å². The molecule has 2 nitrogen and oxygen atoms in total. The lowest BCUT2D eigenvalue weighted by molar-refractivity contribution is 0.204. The smallest absolute Gasteiger partial charge is 0.129 e. The summed E-state index contributed by atoms with van der Waals surface area (Å²) in [5, 5.41) is 19.6. The van der Waals surface area contributed by atoms with E-state index in [1.807, 2.05) is 42.5 Å². The molecule has 1 unspecified atom stereocenters. The fraction of sp³-hybridized carbons (Fsp3) is 0.143. The summed E-state index contributed by atoms with van der Waals surface area (Å²) in [6.45, 7) is 0. The van der Waals surface area contributed by atoms with E-state index in [1.54, 1.807) is 12.1 Å². The maximum atomic E-state index is 9.97. The fourth-order valence-electron chi connectivity index (χ4n) is 1.52. The van der Waals surface area contributed by atoms with Crippen molar-refractivity contribution in [3.63, 3.8) is 0 Å². The molecular formula is C14H14O2S. The van der Waals surface area contributed by atoms with Gasteiger partial charge in [-0.1, -0.05) is 42.5 Å². The van der Waals surface area contributed by atoms with Gasteiger partial charge in [-0.05, 0) is 17.7 Å². The maximum Gasteiger partial charge on any atom is 0.129 e. The van der Waals surface area contributed by atoms with E-state index in [2.05, 4.69) is 0 Å². The van der Waals surface area contributed by atoms with E-state index < -0.39 is 6.10 Å². The standard InChI is InChI=1S/C14H14O2S/c15-12-8-4-5-9-14(12)17-10-13(16)11-6-2-1-3-7-11/h1-9,13,15-16H,10H2. The number of aliphatic hydroxyl groups excluding tert-OH is 1. The molecule has 0 saturated carbocycles. The van der Waals surface area contributed by atoms with Crippen molar-refractivity contribution in [3.05, 3.63) is 60.2 Å². The molecule has 0 amide bonds. The molecule has 0 spiro atoms. The summed E-state index contributed by atoms with van der Waals surface area (Å²) in [6.07, 6.45) is -0.513. The van der Waals surface area contributed by atoms with Crippen LogP contribution < -0.4 is 0 Å². The van der Waals surface area contributed by atoms with Crippen molar-refractivity contribution in [2.45, 2.75) is 11.0 Å². The molecule has 0 aliphatic heterocycles. The molecule has 88 valence electrons. The van der Waals surface area contributed by atoms with Crippen molar-refractivity contribution in [1.82, 2.24) is 0 Å². The molecule has 0 saturated heterocycles.